The molecular weight excluding hydrogens is 486 g/mol. The third-order valence-corrected chi connectivity index (χ3v) is 6.17. The molecule has 0 radical (unpaired) electrons. The molecule has 0 bridgehead atoms. The lowest BCUT2D eigenvalue weighted by molar-refractivity contribution is -0.140. The van der Waals surface area contributed by atoms with Crippen molar-refractivity contribution in [3.05, 3.63) is 59.2 Å². The highest BCUT2D eigenvalue weighted by Crippen LogP contribution is 2.42. The first-order valence-corrected chi connectivity index (χ1v) is 13.3. The molecule has 0 saturated carbocycles. The van der Waals surface area contributed by atoms with Crippen molar-refractivity contribution in [1.82, 2.24) is 4.90 Å². The minimum atomic E-state index is -0.817. The van der Waals surface area contributed by atoms with Crippen molar-refractivity contribution in [2.45, 2.75) is 59.1 Å². The Kier molecular flexibility index (Phi) is 10.6. The molecule has 8 nitrogen and oxygen atoms in total. The number of hydrogen-bond acceptors (Lipinski definition) is 7. The number of aliphatic hydroxyl groups excluding tert-OH is 1. The molecule has 1 unspecified atom stereocenters. The molecule has 1 N–H and O–H groups in total. The molecule has 206 valence electrons. The summed E-state index contributed by atoms with van der Waals surface area (Å²) in [7, 11) is 1.53. The third kappa shape index (κ3) is 6.86. The monoisotopic (exact) mass is 525 g/mol. The van der Waals surface area contributed by atoms with Gasteiger partial charge in [0.25, 0.3) is 11.7 Å². The molecule has 38 heavy (non-hydrogen) atoms. The fraction of sp³-hybridized carbons (Fsp3) is 0.467. The summed E-state index contributed by atoms with van der Waals surface area (Å²) >= 11 is 0. The molecule has 1 atom stereocenters. The van der Waals surface area contributed by atoms with Crippen molar-refractivity contribution in [1.29, 1.82) is 0 Å². The third-order valence-electron chi connectivity index (χ3n) is 6.17. The van der Waals surface area contributed by atoms with E-state index in [1.165, 1.54) is 12.0 Å². The highest BCUT2D eigenvalue weighted by atomic mass is 16.5. The fourth-order valence-electron chi connectivity index (χ4n) is 4.37. The van der Waals surface area contributed by atoms with Gasteiger partial charge in [0.1, 0.15) is 11.5 Å². The van der Waals surface area contributed by atoms with Crippen LogP contribution in [0.2, 0.25) is 0 Å². The SMILES string of the molecule is CCCCCOc1ccc(/C(O)=C2/C(=O)C(=O)N(CCOC)C2c2ccc(OC(C)C)c(OCC)c2)cc1. The lowest BCUT2D eigenvalue weighted by Gasteiger charge is -2.26. The Balaban J connectivity index is 2.03. The van der Waals surface area contributed by atoms with Crippen LogP contribution in [-0.2, 0) is 14.3 Å². The molecule has 0 aliphatic carbocycles. The van der Waals surface area contributed by atoms with E-state index >= 15 is 0 Å². The number of amides is 1. The predicted molar refractivity (Wildman–Crippen MR) is 146 cm³/mol. The number of ketones is 1. The molecule has 1 fully saturated rings. The van der Waals surface area contributed by atoms with Gasteiger partial charge >= 0.3 is 0 Å². The van der Waals surface area contributed by atoms with Crippen LogP contribution in [0.4, 0.5) is 0 Å². The van der Waals surface area contributed by atoms with E-state index in [1.807, 2.05) is 20.8 Å². The molecule has 1 aliphatic heterocycles. The quantitative estimate of drug-likeness (QED) is 0.150. The molecule has 2 aromatic carbocycles. The van der Waals surface area contributed by atoms with Gasteiger partial charge in [-0.05, 0) is 69.2 Å². The molecule has 1 heterocycles. The Morgan fingerprint density at radius 2 is 1.71 bits per heavy atom. The minimum absolute atomic E-state index is 0.0164. The van der Waals surface area contributed by atoms with Gasteiger partial charge in [0.05, 0.1) is 37.5 Å². The number of rotatable bonds is 14. The van der Waals surface area contributed by atoms with Gasteiger partial charge in [0, 0.05) is 19.2 Å². The molecule has 1 amide bonds. The van der Waals surface area contributed by atoms with E-state index in [0.717, 1.165) is 19.3 Å². The first kappa shape index (κ1) is 29.0. The summed E-state index contributed by atoms with van der Waals surface area (Å²) in [4.78, 5) is 27.8. The van der Waals surface area contributed by atoms with Gasteiger partial charge in [0.15, 0.2) is 11.5 Å². The van der Waals surface area contributed by atoms with Crippen molar-refractivity contribution < 1.29 is 33.6 Å². The standard InChI is InChI=1S/C30H39NO7/c1-6-8-9-17-37-23-13-10-21(11-14-23)28(32)26-27(31(16-18-35-5)30(34)29(26)33)22-12-15-24(38-20(3)4)25(19-22)36-7-2/h10-15,19-20,27,32H,6-9,16-18H2,1-5H3/b28-26-. The van der Waals surface area contributed by atoms with Crippen LogP contribution in [0.25, 0.3) is 5.76 Å². The van der Waals surface area contributed by atoms with Crippen molar-refractivity contribution >= 4 is 17.4 Å². The van der Waals surface area contributed by atoms with Gasteiger partial charge in [-0.3, -0.25) is 9.59 Å². The maximum absolute atomic E-state index is 13.2. The summed E-state index contributed by atoms with van der Waals surface area (Å²) in [6.45, 7) is 9.29. The van der Waals surface area contributed by atoms with Gasteiger partial charge in [0.2, 0.25) is 0 Å². The van der Waals surface area contributed by atoms with Gasteiger partial charge in [-0.1, -0.05) is 25.8 Å². The number of carbonyl (C=O) groups excluding carboxylic acids is 2. The smallest absolute Gasteiger partial charge is 0.295 e. The molecule has 0 aromatic heterocycles. The Morgan fingerprint density at radius 1 is 0.974 bits per heavy atom. The van der Waals surface area contributed by atoms with Gasteiger partial charge in [-0.25, -0.2) is 0 Å². The van der Waals surface area contributed by atoms with Gasteiger partial charge < -0.3 is 29.0 Å². The summed E-state index contributed by atoms with van der Waals surface area (Å²) in [5.41, 5.74) is 1.06. The van der Waals surface area contributed by atoms with Crippen LogP contribution < -0.4 is 14.2 Å². The van der Waals surface area contributed by atoms with Crippen LogP contribution in [-0.4, -0.2) is 61.3 Å². The van der Waals surface area contributed by atoms with Gasteiger partial charge in [-0.15, -0.1) is 0 Å². The number of benzene rings is 2. The molecule has 8 heteroatoms. The zero-order valence-corrected chi connectivity index (χ0v) is 23.0. The second-order valence-corrected chi connectivity index (χ2v) is 9.37. The zero-order chi connectivity index (χ0) is 27.7. The van der Waals surface area contributed by atoms with E-state index in [9.17, 15) is 14.7 Å². The highest BCUT2D eigenvalue weighted by molar-refractivity contribution is 6.46. The van der Waals surface area contributed by atoms with Crippen LogP contribution in [0.1, 0.15) is 64.1 Å². The molecule has 1 saturated heterocycles. The Labute approximate surface area is 225 Å². The number of hydrogen-bond donors (Lipinski definition) is 1. The second-order valence-electron chi connectivity index (χ2n) is 9.37. The van der Waals surface area contributed by atoms with E-state index in [1.54, 1.807) is 42.5 Å². The summed E-state index contributed by atoms with van der Waals surface area (Å²) in [5, 5.41) is 11.3. The van der Waals surface area contributed by atoms with Gasteiger partial charge in [-0.2, -0.15) is 0 Å². The van der Waals surface area contributed by atoms with E-state index < -0.39 is 17.7 Å². The van der Waals surface area contributed by atoms with E-state index in [0.29, 0.717) is 41.6 Å². The number of methoxy groups -OCH3 is 1. The summed E-state index contributed by atoms with van der Waals surface area (Å²) in [6.07, 6.45) is 3.11. The van der Waals surface area contributed by atoms with Crippen molar-refractivity contribution in [3.8, 4) is 17.2 Å². The molecule has 0 spiro atoms. The normalized spacial score (nSPS) is 16.8. The van der Waals surface area contributed by atoms with Crippen LogP contribution in [0, 0.1) is 0 Å². The predicted octanol–water partition coefficient (Wildman–Crippen LogP) is 5.51. The number of Topliss-reactive ketones (excluding diaryl/α,β-unsaturated/α-hetero) is 1. The molecule has 1 aliphatic rings. The van der Waals surface area contributed by atoms with Crippen LogP contribution in [0.15, 0.2) is 48.0 Å². The minimum Gasteiger partial charge on any atom is -0.507 e. The van der Waals surface area contributed by atoms with Crippen LogP contribution in [0.5, 0.6) is 17.2 Å². The molecule has 2 aromatic rings. The lowest BCUT2D eigenvalue weighted by atomic mass is 9.95. The fourth-order valence-corrected chi connectivity index (χ4v) is 4.37. The maximum atomic E-state index is 13.2. The zero-order valence-electron chi connectivity index (χ0n) is 23.0. The second kappa shape index (κ2) is 13.9. The number of likely N-dealkylation sites (tertiary alicyclic amines) is 1. The average Bonchev–Trinajstić information content (AvgIpc) is 3.15. The highest BCUT2D eigenvalue weighted by Gasteiger charge is 2.46. The van der Waals surface area contributed by atoms with Crippen LogP contribution in [0.3, 0.4) is 0 Å². The summed E-state index contributed by atoms with van der Waals surface area (Å²) in [6, 6.07) is 11.4. The van der Waals surface area contributed by atoms with Crippen molar-refractivity contribution in [2.24, 2.45) is 0 Å². The van der Waals surface area contributed by atoms with E-state index in [-0.39, 0.29) is 30.6 Å². The summed E-state index contributed by atoms with van der Waals surface area (Å²) < 4.78 is 22.7. The Bertz CT molecular complexity index is 1120. The molecular formula is C30H39NO7. The van der Waals surface area contributed by atoms with Crippen molar-refractivity contribution in [2.75, 3.05) is 33.5 Å². The largest absolute Gasteiger partial charge is 0.507 e. The molecule has 3 rings (SSSR count). The van der Waals surface area contributed by atoms with E-state index in [2.05, 4.69) is 6.92 Å². The Morgan fingerprint density at radius 3 is 2.34 bits per heavy atom. The number of unbranched alkanes of at least 4 members (excludes halogenated alkanes) is 2. The van der Waals surface area contributed by atoms with Crippen LogP contribution >= 0.6 is 0 Å². The maximum Gasteiger partial charge on any atom is 0.295 e. The number of ether oxygens (including phenoxy) is 4. The first-order chi connectivity index (χ1) is 18.3. The van der Waals surface area contributed by atoms with E-state index in [4.69, 9.17) is 18.9 Å². The number of nitrogens with zero attached hydrogens (tertiary/aromatic N) is 1. The summed E-state index contributed by atoms with van der Waals surface area (Å²) in [5.74, 6) is 0.0617. The number of aliphatic hydroxyl groups is 1. The lowest BCUT2D eigenvalue weighted by Crippen LogP contribution is -2.32. The topological polar surface area (TPSA) is 94.5 Å². The average molecular weight is 526 g/mol. The van der Waals surface area contributed by atoms with Crippen molar-refractivity contribution in [3.63, 3.8) is 0 Å². The number of carbonyl (C=O) groups is 2. The first-order valence-electron chi connectivity index (χ1n) is 13.3. The Hall–Kier alpha value is -3.52.